The van der Waals surface area contributed by atoms with E-state index in [1.165, 1.54) is 0 Å². The molecule has 16 heavy (non-hydrogen) atoms. The van der Waals surface area contributed by atoms with E-state index in [9.17, 15) is 4.79 Å². The van der Waals surface area contributed by atoms with E-state index in [0.717, 1.165) is 4.47 Å². The van der Waals surface area contributed by atoms with Crippen molar-refractivity contribution in [2.75, 3.05) is 0 Å². The van der Waals surface area contributed by atoms with Crippen molar-refractivity contribution in [2.45, 2.75) is 0 Å². The fourth-order valence-electron chi connectivity index (χ4n) is 1.19. The predicted molar refractivity (Wildman–Crippen MR) is 61.6 cm³/mol. The van der Waals surface area contributed by atoms with Gasteiger partial charge in [0.2, 0.25) is 5.69 Å². The van der Waals surface area contributed by atoms with Gasteiger partial charge in [-0.3, -0.25) is 0 Å². The molecule has 0 saturated heterocycles. The lowest BCUT2D eigenvalue weighted by Gasteiger charge is -1.96. The van der Waals surface area contributed by atoms with E-state index >= 15 is 0 Å². The average molecular weight is 303 g/mol. The highest BCUT2D eigenvalue weighted by Crippen LogP contribution is 2.31. The lowest BCUT2D eigenvalue weighted by molar-refractivity contribution is 0.0686. The third-order valence-electron chi connectivity index (χ3n) is 1.94. The van der Waals surface area contributed by atoms with E-state index in [2.05, 4.69) is 21.1 Å². The molecule has 0 radical (unpaired) electrons. The van der Waals surface area contributed by atoms with Crippen molar-refractivity contribution in [1.29, 1.82) is 0 Å². The normalized spacial score (nSPS) is 10.4. The molecule has 1 N–H and O–H groups in total. The molecule has 4 nitrogen and oxygen atoms in total. The minimum atomic E-state index is -1.21. The van der Waals surface area contributed by atoms with Crippen molar-refractivity contribution in [1.82, 2.24) is 5.16 Å². The number of hydrogen-bond acceptors (Lipinski definition) is 3. The SMILES string of the molecule is O=C(O)c1noc(-c2ccc(Br)cc2)c1Cl. The zero-order valence-corrected chi connectivity index (χ0v) is 10.1. The van der Waals surface area contributed by atoms with Crippen molar-refractivity contribution < 1.29 is 14.4 Å². The molecule has 2 aromatic rings. The second kappa shape index (κ2) is 4.27. The van der Waals surface area contributed by atoms with Gasteiger partial charge in [0.15, 0.2) is 5.76 Å². The Morgan fingerprint density at radius 2 is 2.00 bits per heavy atom. The Hall–Kier alpha value is -1.33. The molecule has 0 saturated carbocycles. The van der Waals surface area contributed by atoms with Gasteiger partial charge in [0.1, 0.15) is 5.02 Å². The number of carbonyl (C=O) groups is 1. The molecule has 2 rings (SSSR count). The van der Waals surface area contributed by atoms with Crippen LogP contribution in [0.4, 0.5) is 0 Å². The van der Waals surface area contributed by atoms with Crippen LogP contribution in [0.5, 0.6) is 0 Å². The fraction of sp³-hybridized carbons (Fsp3) is 0. The highest BCUT2D eigenvalue weighted by molar-refractivity contribution is 9.10. The fourth-order valence-corrected chi connectivity index (χ4v) is 1.72. The molecule has 82 valence electrons. The first-order valence-corrected chi connectivity index (χ1v) is 5.41. The highest BCUT2D eigenvalue weighted by Gasteiger charge is 2.20. The molecule has 1 heterocycles. The zero-order chi connectivity index (χ0) is 11.7. The Morgan fingerprint density at radius 3 is 2.50 bits per heavy atom. The van der Waals surface area contributed by atoms with E-state index in [4.69, 9.17) is 21.2 Å². The highest BCUT2D eigenvalue weighted by atomic mass is 79.9. The minimum Gasteiger partial charge on any atom is -0.476 e. The largest absolute Gasteiger partial charge is 0.476 e. The van der Waals surface area contributed by atoms with Crippen LogP contribution < -0.4 is 0 Å². The van der Waals surface area contributed by atoms with Crippen LogP contribution in [0, 0.1) is 0 Å². The molecule has 1 aromatic carbocycles. The molecular weight excluding hydrogens is 297 g/mol. The van der Waals surface area contributed by atoms with Crippen molar-refractivity contribution in [2.24, 2.45) is 0 Å². The summed E-state index contributed by atoms with van der Waals surface area (Å²) >= 11 is 9.14. The summed E-state index contributed by atoms with van der Waals surface area (Å²) in [6.45, 7) is 0. The Bertz CT molecular complexity index is 535. The third-order valence-corrected chi connectivity index (χ3v) is 2.82. The van der Waals surface area contributed by atoms with Crippen LogP contribution in [0.1, 0.15) is 10.5 Å². The van der Waals surface area contributed by atoms with Gasteiger partial charge in [-0.1, -0.05) is 32.7 Å². The molecule has 0 unspecified atom stereocenters. The van der Waals surface area contributed by atoms with Crippen molar-refractivity contribution in [3.63, 3.8) is 0 Å². The maximum atomic E-state index is 10.7. The summed E-state index contributed by atoms with van der Waals surface area (Å²) in [4.78, 5) is 10.7. The smallest absolute Gasteiger partial charge is 0.359 e. The summed E-state index contributed by atoms with van der Waals surface area (Å²) in [6, 6.07) is 7.10. The number of carboxylic acids is 1. The molecular formula is C10H5BrClNO3. The molecule has 6 heteroatoms. The lowest BCUT2D eigenvalue weighted by atomic mass is 10.1. The number of benzene rings is 1. The molecule has 0 aliphatic rings. The van der Waals surface area contributed by atoms with Gasteiger partial charge in [0.05, 0.1) is 0 Å². The van der Waals surface area contributed by atoms with Crippen molar-refractivity contribution >= 4 is 33.5 Å². The van der Waals surface area contributed by atoms with Gasteiger partial charge in [-0.25, -0.2) is 4.79 Å². The predicted octanol–water partition coefficient (Wildman–Crippen LogP) is 3.46. The molecule has 0 fully saturated rings. The van der Waals surface area contributed by atoms with Gasteiger partial charge in [0, 0.05) is 10.0 Å². The number of halogens is 2. The first kappa shape index (κ1) is 11.2. The molecule has 0 aliphatic carbocycles. The van der Waals surface area contributed by atoms with Gasteiger partial charge in [-0.15, -0.1) is 0 Å². The van der Waals surface area contributed by atoms with Crippen LogP contribution in [-0.2, 0) is 0 Å². The third kappa shape index (κ3) is 1.96. The Morgan fingerprint density at radius 1 is 1.38 bits per heavy atom. The first-order valence-electron chi connectivity index (χ1n) is 4.24. The number of rotatable bonds is 2. The van der Waals surface area contributed by atoms with Crippen LogP contribution in [0.15, 0.2) is 33.3 Å². The van der Waals surface area contributed by atoms with Crippen LogP contribution in [0.2, 0.25) is 5.02 Å². The molecule has 0 bridgehead atoms. The molecule has 0 atom stereocenters. The number of aromatic nitrogens is 1. The summed E-state index contributed by atoms with van der Waals surface area (Å²) in [5, 5.41) is 12.2. The van der Waals surface area contributed by atoms with Gasteiger partial charge in [-0.2, -0.15) is 0 Å². The molecule has 0 aliphatic heterocycles. The lowest BCUT2D eigenvalue weighted by Crippen LogP contribution is -1.96. The standard InChI is InChI=1S/C10H5BrClNO3/c11-6-3-1-5(2-4-6)9-7(12)8(10(14)15)13-16-9/h1-4H,(H,14,15). The topological polar surface area (TPSA) is 63.3 Å². The van der Waals surface area contributed by atoms with E-state index in [1.807, 2.05) is 0 Å². The monoisotopic (exact) mass is 301 g/mol. The average Bonchev–Trinajstić information content (AvgIpc) is 2.61. The number of hydrogen-bond donors (Lipinski definition) is 1. The molecule has 1 aromatic heterocycles. The first-order chi connectivity index (χ1) is 7.59. The summed E-state index contributed by atoms with van der Waals surface area (Å²) in [6.07, 6.45) is 0. The van der Waals surface area contributed by atoms with E-state index in [1.54, 1.807) is 24.3 Å². The number of carboxylic acid groups (broad SMARTS) is 1. The van der Waals surface area contributed by atoms with E-state index < -0.39 is 5.97 Å². The Kier molecular flexibility index (Phi) is 2.98. The molecule has 0 spiro atoms. The second-order valence-electron chi connectivity index (χ2n) is 2.99. The van der Waals surface area contributed by atoms with Gasteiger partial charge in [-0.05, 0) is 24.3 Å². The van der Waals surface area contributed by atoms with Gasteiger partial charge >= 0.3 is 5.97 Å². The Balaban J connectivity index is 2.49. The number of nitrogens with zero attached hydrogens (tertiary/aromatic N) is 1. The van der Waals surface area contributed by atoms with E-state index in [-0.39, 0.29) is 16.5 Å². The summed E-state index contributed by atoms with van der Waals surface area (Å²) < 4.78 is 5.81. The van der Waals surface area contributed by atoms with Crippen molar-refractivity contribution in [3.05, 3.63) is 39.5 Å². The maximum absolute atomic E-state index is 10.7. The molecule has 0 amide bonds. The minimum absolute atomic E-state index is 0.00909. The summed E-state index contributed by atoms with van der Waals surface area (Å²) in [7, 11) is 0. The van der Waals surface area contributed by atoms with E-state index in [0.29, 0.717) is 5.56 Å². The summed E-state index contributed by atoms with van der Waals surface area (Å²) in [5.41, 5.74) is 0.396. The van der Waals surface area contributed by atoms with Crippen LogP contribution in [0.25, 0.3) is 11.3 Å². The van der Waals surface area contributed by atoms with Crippen molar-refractivity contribution in [3.8, 4) is 11.3 Å². The van der Waals surface area contributed by atoms with Crippen LogP contribution >= 0.6 is 27.5 Å². The quantitative estimate of drug-likeness (QED) is 0.923. The second-order valence-corrected chi connectivity index (χ2v) is 4.28. The van der Waals surface area contributed by atoms with Crippen LogP contribution in [-0.4, -0.2) is 16.2 Å². The maximum Gasteiger partial charge on any atom is 0.359 e. The van der Waals surface area contributed by atoms with Crippen LogP contribution in [0.3, 0.4) is 0 Å². The zero-order valence-electron chi connectivity index (χ0n) is 7.78. The Labute approximate surface area is 104 Å². The van der Waals surface area contributed by atoms with Gasteiger partial charge in [0.25, 0.3) is 0 Å². The summed E-state index contributed by atoms with van der Waals surface area (Å²) in [5.74, 6) is -0.955. The van der Waals surface area contributed by atoms with Gasteiger partial charge < -0.3 is 9.63 Å². The number of aromatic carboxylic acids is 1.